The van der Waals surface area contributed by atoms with Gasteiger partial charge in [-0.05, 0) is 61.7 Å². The van der Waals surface area contributed by atoms with Crippen molar-refractivity contribution in [1.29, 1.82) is 0 Å². The number of amides is 1. The van der Waals surface area contributed by atoms with Gasteiger partial charge in [0.25, 0.3) is 5.91 Å². The molecule has 0 aromatic heterocycles. The zero-order valence-electron chi connectivity index (χ0n) is 14.1. The van der Waals surface area contributed by atoms with Gasteiger partial charge in [-0.1, -0.05) is 19.1 Å². The number of carbonyl (C=O) groups is 1. The van der Waals surface area contributed by atoms with Gasteiger partial charge in [0, 0.05) is 5.69 Å². The second-order valence-corrected chi connectivity index (χ2v) is 5.43. The molecule has 0 aliphatic heterocycles. The van der Waals surface area contributed by atoms with Crippen LogP contribution in [0.1, 0.15) is 24.5 Å². The smallest absolute Gasteiger partial charge is 0.265 e. The van der Waals surface area contributed by atoms with E-state index < -0.39 is 6.10 Å². The predicted molar refractivity (Wildman–Crippen MR) is 92.2 cm³/mol. The van der Waals surface area contributed by atoms with E-state index in [-0.39, 0.29) is 5.91 Å². The number of aryl methyl sites for hydroxylation is 1. The van der Waals surface area contributed by atoms with Gasteiger partial charge in [0.2, 0.25) is 0 Å². The van der Waals surface area contributed by atoms with E-state index in [0.717, 1.165) is 22.6 Å². The molecule has 0 aliphatic rings. The fraction of sp³-hybridized carbons (Fsp3) is 0.316. The van der Waals surface area contributed by atoms with Crippen LogP contribution in [0.4, 0.5) is 5.69 Å². The molecule has 1 atom stereocenters. The summed E-state index contributed by atoms with van der Waals surface area (Å²) in [5.41, 5.74) is 3.04. The Morgan fingerprint density at radius 2 is 1.74 bits per heavy atom. The zero-order valence-corrected chi connectivity index (χ0v) is 14.1. The van der Waals surface area contributed by atoms with Crippen molar-refractivity contribution in [3.63, 3.8) is 0 Å². The summed E-state index contributed by atoms with van der Waals surface area (Å²) in [6, 6.07) is 13.1. The molecule has 0 unspecified atom stereocenters. The summed E-state index contributed by atoms with van der Waals surface area (Å²) in [4.78, 5) is 12.5. The van der Waals surface area contributed by atoms with E-state index in [0.29, 0.717) is 12.2 Å². The molecular formula is C19H23NO3. The number of anilines is 1. The third-order valence-corrected chi connectivity index (χ3v) is 3.86. The Bertz CT molecular complexity index is 665. The van der Waals surface area contributed by atoms with Gasteiger partial charge in [-0.3, -0.25) is 4.79 Å². The van der Waals surface area contributed by atoms with E-state index in [1.807, 2.05) is 51.1 Å². The first-order valence-corrected chi connectivity index (χ1v) is 7.73. The van der Waals surface area contributed by atoms with Crippen molar-refractivity contribution in [2.75, 3.05) is 12.4 Å². The van der Waals surface area contributed by atoms with Crippen LogP contribution in [0.2, 0.25) is 0 Å². The highest BCUT2D eigenvalue weighted by molar-refractivity contribution is 5.95. The summed E-state index contributed by atoms with van der Waals surface area (Å²) >= 11 is 0. The first-order valence-electron chi connectivity index (χ1n) is 7.73. The minimum Gasteiger partial charge on any atom is -0.497 e. The topological polar surface area (TPSA) is 47.6 Å². The molecule has 0 saturated carbocycles. The van der Waals surface area contributed by atoms with Crippen LogP contribution in [0.15, 0.2) is 42.5 Å². The van der Waals surface area contributed by atoms with Gasteiger partial charge < -0.3 is 14.8 Å². The lowest BCUT2D eigenvalue weighted by Crippen LogP contribution is -2.32. The summed E-state index contributed by atoms with van der Waals surface area (Å²) < 4.78 is 10.9. The molecule has 0 saturated heterocycles. The predicted octanol–water partition coefficient (Wildman–Crippen LogP) is 4.11. The van der Waals surface area contributed by atoms with Gasteiger partial charge in [-0.25, -0.2) is 0 Å². The standard InChI is InChI=1S/C19H23NO3/c1-5-18(23-16-11-9-15(22-4)10-12-16)19(21)20-17-8-6-7-13(2)14(17)3/h6-12,18H,5H2,1-4H3,(H,20,21)/t18-/m0/s1. The van der Waals surface area contributed by atoms with Gasteiger partial charge >= 0.3 is 0 Å². The molecule has 0 bridgehead atoms. The van der Waals surface area contributed by atoms with Crippen LogP contribution in [0, 0.1) is 13.8 Å². The van der Waals surface area contributed by atoms with E-state index in [4.69, 9.17) is 9.47 Å². The van der Waals surface area contributed by atoms with E-state index in [1.54, 1.807) is 19.2 Å². The molecule has 0 radical (unpaired) electrons. The van der Waals surface area contributed by atoms with Crippen LogP contribution < -0.4 is 14.8 Å². The monoisotopic (exact) mass is 313 g/mol. The number of carbonyl (C=O) groups excluding carboxylic acids is 1. The summed E-state index contributed by atoms with van der Waals surface area (Å²) in [5.74, 6) is 1.26. The van der Waals surface area contributed by atoms with Gasteiger partial charge in [0.1, 0.15) is 11.5 Å². The van der Waals surface area contributed by atoms with Crippen molar-refractivity contribution in [1.82, 2.24) is 0 Å². The number of methoxy groups -OCH3 is 1. The van der Waals surface area contributed by atoms with Crippen molar-refractivity contribution in [2.45, 2.75) is 33.3 Å². The first kappa shape index (κ1) is 16.9. The number of ether oxygens (including phenoxy) is 2. The van der Waals surface area contributed by atoms with Gasteiger partial charge in [0.05, 0.1) is 7.11 Å². The molecular weight excluding hydrogens is 290 g/mol. The SMILES string of the molecule is CC[C@H](Oc1ccc(OC)cc1)C(=O)Nc1cccc(C)c1C. The van der Waals surface area contributed by atoms with Crippen molar-refractivity contribution in [3.8, 4) is 11.5 Å². The van der Waals surface area contributed by atoms with Gasteiger partial charge in [-0.2, -0.15) is 0 Å². The first-order chi connectivity index (χ1) is 11.0. The lowest BCUT2D eigenvalue weighted by Gasteiger charge is -2.18. The van der Waals surface area contributed by atoms with Crippen molar-refractivity contribution >= 4 is 11.6 Å². The Kier molecular flexibility index (Phi) is 5.63. The molecule has 2 rings (SSSR count). The maximum absolute atomic E-state index is 12.5. The second-order valence-electron chi connectivity index (χ2n) is 5.43. The quantitative estimate of drug-likeness (QED) is 0.873. The molecule has 0 spiro atoms. The molecule has 0 fully saturated rings. The average molecular weight is 313 g/mol. The Labute approximate surface area is 137 Å². The van der Waals surface area contributed by atoms with Crippen LogP contribution in [0.25, 0.3) is 0 Å². The summed E-state index contributed by atoms with van der Waals surface area (Å²) in [6.45, 7) is 5.95. The van der Waals surface area contributed by atoms with E-state index >= 15 is 0 Å². The van der Waals surface area contributed by atoms with Crippen molar-refractivity contribution in [3.05, 3.63) is 53.6 Å². The molecule has 23 heavy (non-hydrogen) atoms. The normalized spacial score (nSPS) is 11.7. The van der Waals surface area contributed by atoms with E-state index in [1.165, 1.54) is 0 Å². The highest BCUT2D eigenvalue weighted by atomic mass is 16.5. The van der Waals surface area contributed by atoms with Gasteiger partial charge in [-0.15, -0.1) is 0 Å². The molecule has 0 aliphatic carbocycles. The summed E-state index contributed by atoms with van der Waals surface area (Å²) in [6.07, 6.45) is 0.0474. The van der Waals surface area contributed by atoms with Crippen LogP contribution in [0.3, 0.4) is 0 Å². The molecule has 1 amide bonds. The van der Waals surface area contributed by atoms with Crippen LogP contribution in [-0.2, 0) is 4.79 Å². The number of rotatable bonds is 6. The lowest BCUT2D eigenvalue weighted by molar-refractivity contribution is -0.122. The van der Waals surface area contributed by atoms with Crippen LogP contribution in [0.5, 0.6) is 11.5 Å². The van der Waals surface area contributed by atoms with E-state index in [9.17, 15) is 4.79 Å². The number of nitrogens with one attached hydrogen (secondary N) is 1. The molecule has 1 N–H and O–H groups in total. The highest BCUT2D eigenvalue weighted by Crippen LogP contribution is 2.21. The maximum atomic E-state index is 12.5. The molecule has 2 aromatic carbocycles. The molecule has 122 valence electrons. The fourth-order valence-corrected chi connectivity index (χ4v) is 2.24. The Morgan fingerprint density at radius 1 is 1.09 bits per heavy atom. The minimum atomic E-state index is -0.539. The van der Waals surface area contributed by atoms with Crippen LogP contribution in [-0.4, -0.2) is 19.1 Å². The summed E-state index contributed by atoms with van der Waals surface area (Å²) in [7, 11) is 1.61. The maximum Gasteiger partial charge on any atom is 0.265 e. The Balaban J connectivity index is 2.07. The second kappa shape index (κ2) is 7.68. The average Bonchev–Trinajstić information content (AvgIpc) is 2.57. The van der Waals surface area contributed by atoms with Crippen molar-refractivity contribution in [2.24, 2.45) is 0 Å². The summed E-state index contributed by atoms with van der Waals surface area (Å²) in [5, 5.41) is 2.96. The fourth-order valence-electron chi connectivity index (χ4n) is 2.24. The number of hydrogen-bond donors (Lipinski definition) is 1. The largest absolute Gasteiger partial charge is 0.497 e. The Hall–Kier alpha value is -2.49. The number of benzene rings is 2. The minimum absolute atomic E-state index is 0.142. The number of hydrogen-bond acceptors (Lipinski definition) is 3. The van der Waals surface area contributed by atoms with E-state index in [2.05, 4.69) is 5.32 Å². The molecule has 4 nitrogen and oxygen atoms in total. The lowest BCUT2D eigenvalue weighted by atomic mass is 10.1. The molecule has 4 heteroatoms. The van der Waals surface area contributed by atoms with Crippen molar-refractivity contribution < 1.29 is 14.3 Å². The third-order valence-electron chi connectivity index (χ3n) is 3.86. The van der Waals surface area contributed by atoms with Gasteiger partial charge in [0.15, 0.2) is 6.10 Å². The molecule has 2 aromatic rings. The molecule has 0 heterocycles. The Morgan fingerprint density at radius 3 is 2.35 bits per heavy atom. The highest BCUT2D eigenvalue weighted by Gasteiger charge is 2.19. The third kappa shape index (κ3) is 4.25. The van der Waals surface area contributed by atoms with Crippen LogP contribution >= 0.6 is 0 Å². The zero-order chi connectivity index (χ0) is 16.8.